The largest absolute Gasteiger partial charge is 0.481 e. The molecule has 0 aliphatic rings. The number of carboxylic acids is 1. The first kappa shape index (κ1) is 41.8. The molecule has 3 nitrogen and oxygen atoms in total. The van der Waals surface area contributed by atoms with Gasteiger partial charge in [0.2, 0.25) is 0 Å². The van der Waals surface area contributed by atoms with E-state index >= 15 is 0 Å². The number of carbonyl (C=O) groups excluding carboxylic acids is 1. The molecule has 0 rings (SSSR count). The minimum atomic E-state index is -0.657. The van der Waals surface area contributed by atoms with Crippen molar-refractivity contribution >= 4 is 12.3 Å². The van der Waals surface area contributed by atoms with E-state index in [9.17, 15) is 9.59 Å². The van der Waals surface area contributed by atoms with Crippen LogP contribution in [0.2, 0.25) is 0 Å². The Bertz CT molecular complexity index is 552. The van der Waals surface area contributed by atoms with Crippen molar-refractivity contribution in [2.75, 3.05) is 0 Å². The number of rotatable bonds is 32. The number of aliphatic carboxylic acids is 1. The summed E-state index contributed by atoms with van der Waals surface area (Å²) in [5, 5.41) is 8.53. The molecule has 0 saturated carbocycles. The third-order valence-electron chi connectivity index (χ3n) is 7.74. The maximum Gasteiger partial charge on any atom is 0.303 e. The van der Waals surface area contributed by atoms with Crippen LogP contribution in [0.3, 0.4) is 0 Å². The zero-order valence-electron chi connectivity index (χ0n) is 27.9. The summed E-state index contributed by atoms with van der Waals surface area (Å²) in [6.45, 7) is 4.52. The minimum absolute atomic E-state index is 0.339. The van der Waals surface area contributed by atoms with Crippen molar-refractivity contribution < 1.29 is 14.7 Å². The summed E-state index contributed by atoms with van der Waals surface area (Å²) < 4.78 is 0. The zero-order valence-corrected chi connectivity index (χ0v) is 27.9. The Hall–Kier alpha value is -1.38. The van der Waals surface area contributed by atoms with Crippen molar-refractivity contribution in [2.24, 2.45) is 0 Å². The van der Waals surface area contributed by atoms with Crippen molar-refractivity contribution in [3.05, 3.63) is 24.3 Å². The highest BCUT2D eigenvalue weighted by Crippen LogP contribution is 2.12. The second-order valence-electron chi connectivity index (χ2n) is 12.0. The van der Waals surface area contributed by atoms with E-state index in [0.717, 1.165) is 32.0 Å². The van der Waals surface area contributed by atoms with Gasteiger partial charge in [0.05, 0.1) is 0 Å². The van der Waals surface area contributed by atoms with Crippen molar-refractivity contribution in [1.82, 2.24) is 0 Å². The van der Waals surface area contributed by atoms with Crippen LogP contribution in [0.25, 0.3) is 0 Å². The Kier molecular flexibility index (Phi) is 41.5. The van der Waals surface area contributed by atoms with Gasteiger partial charge in [-0.3, -0.25) is 4.79 Å². The molecule has 0 unspecified atom stereocenters. The number of hydrogen-bond acceptors (Lipinski definition) is 2. The molecule has 0 aliphatic carbocycles. The smallest absolute Gasteiger partial charge is 0.303 e. The normalized spacial score (nSPS) is 11.3. The van der Waals surface area contributed by atoms with Crippen LogP contribution in [-0.4, -0.2) is 17.4 Å². The summed E-state index contributed by atoms with van der Waals surface area (Å²) in [6, 6.07) is 0. The molecule has 0 bridgehead atoms. The molecule has 0 aromatic rings. The Morgan fingerprint density at radius 1 is 0.415 bits per heavy atom. The van der Waals surface area contributed by atoms with Crippen molar-refractivity contribution in [3.8, 4) is 0 Å². The molecule has 0 aromatic heterocycles. The Morgan fingerprint density at radius 2 is 0.683 bits per heavy atom. The highest BCUT2D eigenvalue weighted by molar-refractivity contribution is 5.66. The predicted octanol–water partition coefficient (Wildman–Crippen LogP) is 13.1. The zero-order chi connectivity index (χ0) is 30.3. The number of carboxylic acid groups (broad SMARTS) is 1. The second-order valence-corrected chi connectivity index (χ2v) is 12.0. The number of carbonyl (C=O) groups is 2. The van der Waals surface area contributed by atoms with Crippen molar-refractivity contribution in [1.29, 1.82) is 0 Å². The van der Waals surface area contributed by atoms with Gasteiger partial charge in [-0.15, -0.1) is 0 Å². The van der Waals surface area contributed by atoms with Crippen molar-refractivity contribution in [2.45, 2.75) is 206 Å². The molecule has 242 valence electrons. The van der Waals surface area contributed by atoms with Crippen LogP contribution < -0.4 is 0 Å². The average molecular weight is 577 g/mol. The van der Waals surface area contributed by atoms with E-state index in [4.69, 9.17) is 5.11 Å². The van der Waals surface area contributed by atoms with Crippen molar-refractivity contribution in [3.63, 3.8) is 0 Å². The Labute approximate surface area is 257 Å². The summed E-state index contributed by atoms with van der Waals surface area (Å²) in [7, 11) is 0. The monoisotopic (exact) mass is 577 g/mol. The van der Waals surface area contributed by atoms with E-state index in [2.05, 4.69) is 38.2 Å². The summed E-state index contributed by atoms with van der Waals surface area (Å²) in [4.78, 5) is 20.5. The van der Waals surface area contributed by atoms with E-state index in [-0.39, 0.29) is 0 Å². The highest BCUT2D eigenvalue weighted by Gasteiger charge is 1.97. The van der Waals surface area contributed by atoms with Crippen LogP contribution in [0.4, 0.5) is 0 Å². The molecular weight excluding hydrogens is 504 g/mol. The number of unbranched alkanes of at least 4 members (excludes halogenated alkanes) is 25. The van der Waals surface area contributed by atoms with E-state index < -0.39 is 5.97 Å². The molecule has 0 atom stereocenters. The topological polar surface area (TPSA) is 54.4 Å². The standard InChI is InChI=1S/C20H38O2.C18H34O/c1-2-3-4-5-6-7-8-9-10-11-12-13-14-15-16-17-18-19-20(21)22;1-2-3-4-5-6-7-8-9-10-11-12-13-14-15-16-17-18-19/h7-8H,2-6,9-19H2,1H3,(H,21,22);7-8,18H,2-6,9-17H2,1H3/b2*8-7-. The van der Waals surface area contributed by atoms with Gasteiger partial charge in [-0.25, -0.2) is 0 Å². The summed E-state index contributed by atoms with van der Waals surface area (Å²) in [5.74, 6) is -0.657. The molecule has 0 radical (unpaired) electrons. The van der Waals surface area contributed by atoms with Gasteiger partial charge in [-0.2, -0.15) is 0 Å². The lowest BCUT2D eigenvalue weighted by atomic mass is 10.1. The van der Waals surface area contributed by atoms with E-state index in [1.807, 2.05) is 0 Å². The highest BCUT2D eigenvalue weighted by atomic mass is 16.4. The van der Waals surface area contributed by atoms with Gasteiger partial charge in [0.15, 0.2) is 0 Å². The molecule has 1 N–H and O–H groups in total. The maximum atomic E-state index is 10.4. The molecule has 0 spiro atoms. The van der Waals surface area contributed by atoms with Crippen LogP contribution in [-0.2, 0) is 9.59 Å². The summed E-state index contributed by atoms with van der Waals surface area (Å²) in [6.07, 6.45) is 47.8. The average Bonchev–Trinajstić information content (AvgIpc) is 2.97. The minimum Gasteiger partial charge on any atom is -0.481 e. The third-order valence-corrected chi connectivity index (χ3v) is 7.74. The molecule has 0 aliphatic heterocycles. The lowest BCUT2D eigenvalue weighted by molar-refractivity contribution is -0.137. The fourth-order valence-electron chi connectivity index (χ4n) is 5.00. The van der Waals surface area contributed by atoms with Crippen LogP contribution in [0, 0.1) is 0 Å². The summed E-state index contributed by atoms with van der Waals surface area (Å²) >= 11 is 0. The van der Waals surface area contributed by atoms with E-state index in [0.29, 0.717) is 6.42 Å². The second kappa shape index (κ2) is 40.8. The van der Waals surface area contributed by atoms with Gasteiger partial charge < -0.3 is 9.90 Å². The van der Waals surface area contributed by atoms with Gasteiger partial charge in [0.25, 0.3) is 0 Å². The van der Waals surface area contributed by atoms with Gasteiger partial charge in [0.1, 0.15) is 6.29 Å². The third kappa shape index (κ3) is 45.8. The van der Waals surface area contributed by atoms with Crippen LogP contribution in [0.1, 0.15) is 206 Å². The molecule has 41 heavy (non-hydrogen) atoms. The molecule has 0 amide bonds. The molecular formula is C38H72O3. The summed E-state index contributed by atoms with van der Waals surface area (Å²) in [5.41, 5.74) is 0. The quantitative estimate of drug-likeness (QED) is 0.0492. The van der Waals surface area contributed by atoms with E-state index in [1.54, 1.807) is 0 Å². The lowest BCUT2D eigenvalue weighted by Crippen LogP contribution is -1.93. The number of allylic oxidation sites excluding steroid dienone is 4. The molecule has 0 heterocycles. The van der Waals surface area contributed by atoms with Crippen LogP contribution in [0.15, 0.2) is 24.3 Å². The molecule has 0 saturated heterocycles. The van der Waals surface area contributed by atoms with Gasteiger partial charge >= 0.3 is 5.97 Å². The first-order valence-electron chi connectivity index (χ1n) is 18.1. The Morgan fingerprint density at radius 3 is 0.976 bits per heavy atom. The van der Waals surface area contributed by atoms with Crippen LogP contribution in [0.5, 0.6) is 0 Å². The Balaban J connectivity index is 0. The SMILES string of the molecule is CCCCCC/C=C\CCCCCCCCCC=O.CCCCCC/C=C\CCCCCCCCCCCC(=O)O. The molecule has 0 aromatic carbocycles. The number of hydrogen-bond donors (Lipinski definition) is 1. The fourth-order valence-corrected chi connectivity index (χ4v) is 5.00. The molecule has 3 heteroatoms. The first-order valence-corrected chi connectivity index (χ1v) is 18.1. The molecule has 0 fully saturated rings. The lowest BCUT2D eigenvalue weighted by Gasteiger charge is -2.01. The predicted molar refractivity (Wildman–Crippen MR) is 182 cm³/mol. The van der Waals surface area contributed by atoms with Gasteiger partial charge in [-0.1, -0.05) is 154 Å². The number of aldehydes is 1. The fraction of sp³-hybridized carbons (Fsp3) is 0.842. The van der Waals surface area contributed by atoms with Gasteiger partial charge in [-0.05, 0) is 64.2 Å². The van der Waals surface area contributed by atoms with Gasteiger partial charge in [0, 0.05) is 12.8 Å². The van der Waals surface area contributed by atoms with Crippen LogP contribution >= 0.6 is 0 Å². The first-order chi connectivity index (χ1) is 20.2. The van der Waals surface area contributed by atoms with E-state index in [1.165, 1.54) is 161 Å². The maximum absolute atomic E-state index is 10.4.